The van der Waals surface area contributed by atoms with E-state index in [1.165, 1.54) is 30.8 Å². The molecule has 2 aromatic heterocycles. The quantitative estimate of drug-likeness (QED) is 0.432. The summed E-state index contributed by atoms with van der Waals surface area (Å²) in [5, 5.41) is 3.13. The van der Waals surface area contributed by atoms with Crippen LogP contribution in [0.4, 0.5) is 24.7 Å². The Morgan fingerprint density at radius 3 is 2.47 bits per heavy atom. The number of nitrogens with zero attached hydrogens (tertiary/aromatic N) is 3. The molecule has 0 unspecified atom stereocenters. The summed E-state index contributed by atoms with van der Waals surface area (Å²) < 4.78 is 40.7. The summed E-state index contributed by atoms with van der Waals surface area (Å²) in [5.74, 6) is 0.0770. The minimum Gasteiger partial charge on any atom is -0.406 e. The number of nitrogens with one attached hydrogen (secondary N) is 1. The second kappa shape index (κ2) is 11.0. The highest BCUT2D eigenvalue weighted by molar-refractivity contribution is 7.98. The largest absolute Gasteiger partial charge is 0.573 e. The Kier molecular flexibility index (Phi) is 8.11. The summed E-state index contributed by atoms with van der Waals surface area (Å²) in [6, 6.07) is 11.7. The predicted octanol–water partition coefficient (Wildman–Crippen LogP) is 5.29. The normalized spacial score (nSPS) is 11.1. The van der Waals surface area contributed by atoms with Crippen LogP contribution in [0.3, 0.4) is 0 Å². The summed E-state index contributed by atoms with van der Waals surface area (Å²) in [6.45, 7) is 3.83. The van der Waals surface area contributed by atoms with Crippen LogP contribution >= 0.6 is 11.8 Å². The molecule has 0 saturated heterocycles. The number of carbonyl (C=O) groups excluding carboxylic acids is 2. The molecule has 2 heterocycles. The van der Waals surface area contributed by atoms with Gasteiger partial charge in [-0.1, -0.05) is 0 Å². The maximum atomic E-state index is 12.8. The van der Waals surface area contributed by atoms with E-state index in [-0.39, 0.29) is 11.7 Å². The van der Waals surface area contributed by atoms with Crippen LogP contribution in [-0.2, 0) is 10.5 Å². The van der Waals surface area contributed by atoms with E-state index in [9.17, 15) is 22.8 Å². The number of anilines is 2. The van der Waals surface area contributed by atoms with Crippen molar-refractivity contribution in [2.75, 3.05) is 16.8 Å². The molecule has 3 rings (SSSR count). The van der Waals surface area contributed by atoms with Crippen LogP contribution in [-0.4, -0.2) is 34.7 Å². The second-order valence-electron chi connectivity index (χ2n) is 6.96. The third kappa shape index (κ3) is 6.95. The van der Waals surface area contributed by atoms with Gasteiger partial charge >= 0.3 is 6.36 Å². The van der Waals surface area contributed by atoms with Gasteiger partial charge in [0.2, 0.25) is 5.91 Å². The molecule has 0 aliphatic heterocycles. The number of carbonyl (C=O) groups is 2. The lowest BCUT2D eigenvalue weighted by Gasteiger charge is -2.18. The topological polar surface area (TPSA) is 84.4 Å². The average Bonchev–Trinajstić information content (AvgIpc) is 2.79. The summed E-state index contributed by atoms with van der Waals surface area (Å²) in [5.41, 5.74) is 1.52. The maximum Gasteiger partial charge on any atom is 0.573 e. The lowest BCUT2D eigenvalue weighted by Crippen LogP contribution is -2.28. The number of ether oxygens (including phenoxy) is 1. The average molecular weight is 491 g/mol. The molecule has 0 bridgehead atoms. The van der Waals surface area contributed by atoms with Crippen LogP contribution in [0.15, 0.2) is 66.0 Å². The van der Waals surface area contributed by atoms with Crippen molar-refractivity contribution in [3.05, 3.63) is 72.1 Å². The molecule has 0 aliphatic carbocycles. The number of aromatic nitrogens is 2. The van der Waals surface area contributed by atoms with Crippen LogP contribution in [0.2, 0.25) is 0 Å². The van der Waals surface area contributed by atoms with E-state index in [0.717, 1.165) is 17.7 Å². The number of hydrogen-bond donors (Lipinski definition) is 1. The Morgan fingerprint density at radius 1 is 1.09 bits per heavy atom. The fourth-order valence-electron chi connectivity index (χ4n) is 3.01. The van der Waals surface area contributed by atoms with Crippen molar-refractivity contribution in [3.63, 3.8) is 0 Å². The van der Waals surface area contributed by atoms with Gasteiger partial charge in [0, 0.05) is 37.3 Å². The lowest BCUT2D eigenvalue weighted by molar-refractivity contribution is -0.274. The van der Waals surface area contributed by atoms with Gasteiger partial charge in [0.15, 0.2) is 0 Å². The first-order valence-electron chi connectivity index (χ1n) is 10.1. The first kappa shape index (κ1) is 25.0. The van der Waals surface area contributed by atoms with E-state index in [4.69, 9.17) is 0 Å². The molecule has 178 valence electrons. The van der Waals surface area contributed by atoms with Crippen molar-refractivity contribution < 1.29 is 27.5 Å². The molecular weight excluding hydrogens is 469 g/mol. The van der Waals surface area contributed by atoms with E-state index in [0.29, 0.717) is 34.4 Å². The molecule has 34 heavy (non-hydrogen) atoms. The van der Waals surface area contributed by atoms with Gasteiger partial charge in [-0.2, -0.15) is 0 Å². The number of alkyl halides is 3. The van der Waals surface area contributed by atoms with Crippen molar-refractivity contribution in [2.45, 2.75) is 31.0 Å². The molecule has 0 atom stereocenters. The number of rotatable bonds is 8. The van der Waals surface area contributed by atoms with Crippen LogP contribution in [0.25, 0.3) is 0 Å². The Balaban J connectivity index is 1.69. The molecule has 0 radical (unpaired) electrons. The zero-order chi connectivity index (χ0) is 24.7. The molecule has 7 nitrogen and oxygen atoms in total. The molecule has 3 aromatic rings. The van der Waals surface area contributed by atoms with Gasteiger partial charge in [-0.05, 0) is 61.0 Å². The zero-order valence-corrected chi connectivity index (χ0v) is 19.1. The van der Waals surface area contributed by atoms with Gasteiger partial charge in [0.1, 0.15) is 16.6 Å². The molecule has 0 fully saturated rings. The smallest absolute Gasteiger partial charge is 0.406 e. The van der Waals surface area contributed by atoms with E-state index < -0.39 is 12.3 Å². The van der Waals surface area contributed by atoms with Crippen LogP contribution < -0.4 is 15.0 Å². The van der Waals surface area contributed by atoms with E-state index in [1.54, 1.807) is 29.4 Å². The minimum atomic E-state index is -4.79. The molecule has 1 aromatic carbocycles. The van der Waals surface area contributed by atoms with Crippen molar-refractivity contribution in [1.29, 1.82) is 0 Å². The van der Waals surface area contributed by atoms with Gasteiger partial charge in [-0.15, -0.1) is 24.9 Å². The third-order valence-electron chi connectivity index (χ3n) is 4.52. The summed E-state index contributed by atoms with van der Waals surface area (Å²) in [4.78, 5) is 34.7. The monoisotopic (exact) mass is 490 g/mol. The van der Waals surface area contributed by atoms with E-state index >= 15 is 0 Å². The van der Waals surface area contributed by atoms with Crippen molar-refractivity contribution in [1.82, 2.24) is 9.97 Å². The number of amides is 2. The van der Waals surface area contributed by atoms with E-state index in [1.807, 2.05) is 19.1 Å². The summed E-state index contributed by atoms with van der Waals surface area (Å²) in [7, 11) is 0. The predicted molar refractivity (Wildman–Crippen MR) is 123 cm³/mol. The summed E-state index contributed by atoms with van der Waals surface area (Å²) >= 11 is 1.34. The Morgan fingerprint density at radius 2 is 1.82 bits per heavy atom. The van der Waals surface area contributed by atoms with Crippen LogP contribution in [0, 0.1) is 0 Å². The van der Waals surface area contributed by atoms with Crippen LogP contribution in [0.5, 0.6) is 5.75 Å². The highest BCUT2D eigenvalue weighted by atomic mass is 32.2. The second-order valence-corrected chi connectivity index (χ2v) is 7.92. The van der Waals surface area contributed by atoms with Gasteiger partial charge in [0.05, 0.1) is 5.56 Å². The van der Waals surface area contributed by atoms with Crippen molar-refractivity contribution in [3.8, 4) is 5.75 Å². The minimum absolute atomic E-state index is 0.110. The van der Waals surface area contributed by atoms with Crippen LogP contribution in [0.1, 0.15) is 29.8 Å². The molecule has 0 aliphatic rings. The van der Waals surface area contributed by atoms with Gasteiger partial charge in [-0.3, -0.25) is 14.5 Å². The lowest BCUT2D eigenvalue weighted by atomic mass is 10.2. The number of hydrogen-bond acceptors (Lipinski definition) is 6. The Labute approximate surface area is 198 Å². The maximum absolute atomic E-state index is 12.8. The highest BCUT2D eigenvalue weighted by Crippen LogP contribution is 2.27. The molecule has 1 N–H and O–H groups in total. The third-order valence-corrected chi connectivity index (χ3v) is 5.60. The zero-order valence-electron chi connectivity index (χ0n) is 18.3. The highest BCUT2D eigenvalue weighted by Gasteiger charge is 2.31. The molecule has 0 spiro atoms. The molecule has 0 saturated carbocycles. The number of pyridine rings is 2. The van der Waals surface area contributed by atoms with Gasteiger partial charge in [0.25, 0.3) is 5.91 Å². The number of benzene rings is 1. The molecule has 2 amide bonds. The van der Waals surface area contributed by atoms with E-state index in [2.05, 4.69) is 20.0 Å². The number of thioether (sulfide) groups is 1. The van der Waals surface area contributed by atoms with Gasteiger partial charge < -0.3 is 10.1 Å². The first-order valence-corrected chi connectivity index (χ1v) is 11.1. The van der Waals surface area contributed by atoms with Crippen molar-refractivity contribution in [2.24, 2.45) is 0 Å². The fraction of sp³-hybridized carbons (Fsp3) is 0.217. The molecular formula is C23H21F3N4O3S. The van der Waals surface area contributed by atoms with Gasteiger partial charge in [-0.25, -0.2) is 9.97 Å². The van der Waals surface area contributed by atoms with Crippen molar-refractivity contribution >= 4 is 35.1 Å². The fourth-order valence-corrected chi connectivity index (χ4v) is 3.95. The first-order chi connectivity index (χ1) is 16.2. The SMILES string of the molecule is CCN(C(C)=O)c1cc(CSc2ncccc2C(=O)Nc2ccc(OC(F)(F)F)cc2)ccn1. The standard InChI is InChI=1S/C23H21F3N4O3S/c1-3-30(15(2)31)20-13-16(10-12-27-20)14-34-22-19(5-4-11-28-22)21(32)29-17-6-8-18(9-7-17)33-23(24,25)26/h4-13H,3,14H2,1-2H3,(H,29,32). The Hall–Kier alpha value is -3.60. The molecule has 11 heteroatoms. The summed E-state index contributed by atoms with van der Waals surface area (Å²) in [6.07, 6.45) is -1.60. The number of halogens is 3. The Bertz CT molecular complexity index is 1160.